The van der Waals surface area contributed by atoms with Crippen molar-refractivity contribution in [2.45, 2.75) is 5.92 Å². The van der Waals surface area contributed by atoms with Crippen LogP contribution in [0.2, 0.25) is 0 Å². The van der Waals surface area contributed by atoms with E-state index in [0.717, 1.165) is 22.4 Å². The maximum absolute atomic E-state index is 9.83. The van der Waals surface area contributed by atoms with Crippen molar-refractivity contribution in [1.29, 1.82) is 10.5 Å². The van der Waals surface area contributed by atoms with Crippen LogP contribution in [-0.4, -0.2) is 10.2 Å². The molecule has 2 aromatic rings. The molecule has 2 N–H and O–H groups in total. The number of rotatable bonds is 2. The Balaban J connectivity index is 1.97. The van der Waals surface area contributed by atoms with E-state index in [1.807, 2.05) is 30.4 Å². The number of hydrogen-bond acceptors (Lipinski definition) is 4. The second-order valence-electron chi connectivity index (χ2n) is 5.45. The monoisotopic (exact) mass is 375 g/mol. The summed E-state index contributed by atoms with van der Waals surface area (Å²) in [6.45, 7) is 0. The minimum absolute atomic E-state index is 0.294. The van der Waals surface area contributed by atoms with E-state index in [4.69, 9.17) is 0 Å². The average molecular weight is 376 g/mol. The number of allylic oxidation sites excluding steroid dienone is 4. The second-order valence-corrected chi connectivity index (χ2v) is 6.24. The predicted octanol–water partition coefficient (Wildman–Crippen LogP) is 3.88. The van der Waals surface area contributed by atoms with Gasteiger partial charge < -0.3 is 5.32 Å². The van der Waals surface area contributed by atoms with Crippen molar-refractivity contribution in [3.63, 3.8) is 0 Å². The standard InChI is InChI=1S/C18H10BrN5/c19-16-11(7-20)5-2-6-12(16)15-13(8-21)17(10-3-1-4-10)23-18-14(15)9-22-24-18/h1-6,9,15H,(H2,22,23,24). The van der Waals surface area contributed by atoms with Crippen LogP contribution in [-0.2, 0) is 0 Å². The van der Waals surface area contributed by atoms with Crippen LogP contribution in [0.4, 0.5) is 5.82 Å². The van der Waals surface area contributed by atoms with Crippen LogP contribution in [0.25, 0.3) is 0 Å². The number of anilines is 1. The summed E-state index contributed by atoms with van der Waals surface area (Å²) in [5.41, 5.74) is 4.63. The van der Waals surface area contributed by atoms with Gasteiger partial charge in [-0.1, -0.05) is 30.4 Å². The minimum atomic E-state index is -0.294. The zero-order valence-electron chi connectivity index (χ0n) is 12.3. The Morgan fingerprint density at radius 3 is 2.67 bits per heavy atom. The molecule has 24 heavy (non-hydrogen) atoms. The third-order valence-corrected chi connectivity index (χ3v) is 5.09. The van der Waals surface area contributed by atoms with Gasteiger partial charge in [-0.05, 0) is 33.1 Å². The molecule has 1 unspecified atom stereocenters. The van der Waals surface area contributed by atoms with Crippen LogP contribution >= 0.6 is 15.9 Å². The van der Waals surface area contributed by atoms with Crippen LogP contribution in [0, 0.1) is 22.7 Å². The van der Waals surface area contributed by atoms with Gasteiger partial charge in [0.05, 0.1) is 28.8 Å². The van der Waals surface area contributed by atoms with Gasteiger partial charge >= 0.3 is 0 Å². The van der Waals surface area contributed by atoms with Gasteiger partial charge in [-0.25, -0.2) is 0 Å². The summed E-state index contributed by atoms with van der Waals surface area (Å²) in [5, 5.41) is 29.5. The van der Waals surface area contributed by atoms with Gasteiger partial charge in [-0.15, -0.1) is 0 Å². The number of nitrogens with one attached hydrogen (secondary N) is 2. The van der Waals surface area contributed by atoms with E-state index in [1.165, 1.54) is 0 Å². The molecule has 1 aromatic heterocycles. The summed E-state index contributed by atoms with van der Waals surface area (Å²) in [4.78, 5) is 0. The lowest BCUT2D eigenvalue weighted by atomic mass is 9.81. The lowest BCUT2D eigenvalue weighted by Crippen LogP contribution is -2.20. The molecule has 0 fully saturated rings. The number of hydrogen-bond donors (Lipinski definition) is 2. The van der Waals surface area contributed by atoms with Crippen molar-refractivity contribution in [2.24, 2.45) is 0 Å². The highest BCUT2D eigenvalue weighted by molar-refractivity contribution is 9.10. The van der Waals surface area contributed by atoms with Crippen molar-refractivity contribution >= 4 is 21.7 Å². The molecule has 0 saturated heterocycles. The van der Waals surface area contributed by atoms with Crippen LogP contribution < -0.4 is 5.32 Å². The molecule has 6 heteroatoms. The number of halogens is 1. The maximum atomic E-state index is 9.83. The number of aromatic nitrogens is 2. The number of nitrogens with zero attached hydrogens (tertiary/aromatic N) is 3. The normalized spacial score (nSPS) is 18.0. The van der Waals surface area contributed by atoms with Crippen molar-refractivity contribution in [3.8, 4) is 12.1 Å². The largest absolute Gasteiger partial charge is 0.337 e. The molecule has 1 aliphatic carbocycles. The Morgan fingerprint density at radius 2 is 2.00 bits per heavy atom. The Morgan fingerprint density at radius 1 is 1.17 bits per heavy atom. The summed E-state index contributed by atoms with van der Waals surface area (Å²) < 4.78 is 0.705. The molecule has 4 rings (SSSR count). The highest BCUT2D eigenvalue weighted by atomic mass is 79.9. The lowest BCUT2D eigenvalue weighted by Gasteiger charge is -2.28. The highest BCUT2D eigenvalue weighted by Gasteiger charge is 2.34. The van der Waals surface area contributed by atoms with Crippen LogP contribution in [0.1, 0.15) is 22.6 Å². The highest BCUT2D eigenvalue weighted by Crippen LogP contribution is 2.45. The number of benzene rings is 1. The minimum Gasteiger partial charge on any atom is -0.337 e. The molecule has 0 saturated carbocycles. The lowest BCUT2D eigenvalue weighted by molar-refractivity contribution is 0.937. The van der Waals surface area contributed by atoms with Crippen LogP contribution in [0.3, 0.4) is 0 Å². The molecule has 1 atom stereocenters. The molecule has 2 aliphatic rings. The topological polar surface area (TPSA) is 88.3 Å². The SMILES string of the molecule is N#CC1=C(C2=CC=C2)Nc2n[nH]cc2C1c1cccc(C#N)c1Br. The molecular weight excluding hydrogens is 366 g/mol. The van der Waals surface area contributed by atoms with Crippen molar-refractivity contribution < 1.29 is 0 Å². The third kappa shape index (κ3) is 2.01. The summed E-state index contributed by atoms with van der Waals surface area (Å²) >= 11 is 3.53. The summed E-state index contributed by atoms with van der Waals surface area (Å²) in [7, 11) is 0. The predicted molar refractivity (Wildman–Crippen MR) is 92.8 cm³/mol. The van der Waals surface area contributed by atoms with E-state index in [1.54, 1.807) is 12.3 Å². The molecule has 0 spiro atoms. The van der Waals surface area contributed by atoms with Crippen LogP contribution in [0.5, 0.6) is 0 Å². The van der Waals surface area contributed by atoms with Crippen molar-refractivity contribution in [2.75, 3.05) is 5.32 Å². The molecule has 0 bridgehead atoms. The van der Waals surface area contributed by atoms with E-state index < -0.39 is 0 Å². The summed E-state index contributed by atoms with van der Waals surface area (Å²) in [6, 6.07) is 10.0. The fourth-order valence-corrected chi connectivity index (χ4v) is 3.58. The number of aromatic amines is 1. The summed E-state index contributed by atoms with van der Waals surface area (Å²) in [6.07, 6.45) is 7.63. The first-order chi connectivity index (χ1) is 11.7. The summed E-state index contributed by atoms with van der Waals surface area (Å²) in [5.74, 6) is 0.405. The molecule has 2 heterocycles. The number of fused-ring (bicyclic) bond motifs is 1. The molecule has 0 radical (unpaired) electrons. The van der Waals surface area contributed by atoms with E-state index in [0.29, 0.717) is 21.4 Å². The Kier molecular flexibility index (Phi) is 3.34. The fraction of sp³-hybridized carbons (Fsp3) is 0.0556. The molecule has 1 aromatic carbocycles. The fourth-order valence-electron chi connectivity index (χ4n) is 2.99. The maximum Gasteiger partial charge on any atom is 0.156 e. The Labute approximate surface area is 146 Å². The van der Waals surface area contributed by atoms with Gasteiger partial charge in [-0.3, -0.25) is 5.10 Å². The second kappa shape index (κ2) is 5.52. The number of H-pyrrole nitrogens is 1. The van der Waals surface area contributed by atoms with E-state index in [2.05, 4.69) is 43.6 Å². The van der Waals surface area contributed by atoms with E-state index in [9.17, 15) is 10.5 Å². The molecule has 0 amide bonds. The first-order valence-corrected chi connectivity index (χ1v) is 8.06. The molecule has 1 aliphatic heterocycles. The van der Waals surface area contributed by atoms with Gasteiger partial charge in [0, 0.05) is 16.2 Å². The van der Waals surface area contributed by atoms with Crippen molar-refractivity contribution in [3.05, 3.63) is 80.6 Å². The van der Waals surface area contributed by atoms with Gasteiger partial charge in [0.2, 0.25) is 0 Å². The van der Waals surface area contributed by atoms with Gasteiger partial charge in [0.15, 0.2) is 5.82 Å². The third-order valence-electron chi connectivity index (χ3n) is 4.20. The number of nitriles is 2. The van der Waals surface area contributed by atoms with Gasteiger partial charge in [-0.2, -0.15) is 15.6 Å². The molecular formula is C18H10BrN5. The molecule has 5 nitrogen and oxygen atoms in total. The Hall–Kier alpha value is -3.09. The molecule has 114 valence electrons. The first-order valence-electron chi connectivity index (χ1n) is 7.26. The smallest absolute Gasteiger partial charge is 0.156 e. The van der Waals surface area contributed by atoms with E-state index in [-0.39, 0.29) is 5.92 Å². The zero-order valence-corrected chi connectivity index (χ0v) is 13.9. The first kappa shape index (κ1) is 14.5. The van der Waals surface area contributed by atoms with Gasteiger partial charge in [0.25, 0.3) is 0 Å². The quantitative estimate of drug-likeness (QED) is 0.833. The van der Waals surface area contributed by atoms with Gasteiger partial charge in [0.1, 0.15) is 6.07 Å². The van der Waals surface area contributed by atoms with E-state index >= 15 is 0 Å². The Bertz CT molecular complexity index is 1030. The zero-order chi connectivity index (χ0) is 16.7. The van der Waals surface area contributed by atoms with Crippen molar-refractivity contribution in [1.82, 2.24) is 10.2 Å². The van der Waals surface area contributed by atoms with Crippen LogP contribution in [0.15, 0.2) is 63.9 Å². The average Bonchev–Trinajstić information content (AvgIpc) is 3.00.